The first-order chi connectivity index (χ1) is 12.0. The zero-order valence-electron chi connectivity index (χ0n) is 14.5. The number of hydrogen-bond donors (Lipinski definition) is 0. The summed E-state index contributed by atoms with van der Waals surface area (Å²) in [6, 6.07) is 6.30. The predicted octanol–water partition coefficient (Wildman–Crippen LogP) is 3.13. The molecule has 2 heterocycles. The van der Waals surface area contributed by atoms with Crippen molar-refractivity contribution in [2.45, 2.75) is 38.6 Å². The van der Waals surface area contributed by atoms with Crippen molar-refractivity contribution in [2.75, 3.05) is 19.6 Å². The van der Waals surface area contributed by atoms with Gasteiger partial charge in [-0.15, -0.1) is 6.58 Å². The van der Waals surface area contributed by atoms with Crippen LogP contribution in [0.2, 0.25) is 0 Å². The second kappa shape index (κ2) is 7.38. The number of rotatable bonds is 5. The average molecular weight is 344 g/mol. The predicted molar refractivity (Wildman–Crippen MR) is 94.1 cm³/mol. The summed E-state index contributed by atoms with van der Waals surface area (Å²) in [5.41, 5.74) is 0.506. The summed E-state index contributed by atoms with van der Waals surface area (Å²) in [5.74, 6) is -0.0167. The van der Waals surface area contributed by atoms with E-state index in [1.54, 1.807) is 18.2 Å². The van der Waals surface area contributed by atoms with E-state index in [0.29, 0.717) is 32.5 Å². The van der Waals surface area contributed by atoms with Crippen molar-refractivity contribution >= 4 is 11.8 Å². The molecule has 4 nitrogen and oxygen atoms in total. The standard InChI is InChI=1S/C20H25FN2O2/c1-2-3-5-18(24)23-13-11-20(15-23)10-4-12-22(19(20)25)14-16-6-8-17(21)9-7-16/h2,6-9H,1,3-5,10-15H2. The fourth-order valence-electron chi connectivity index (χ4n) is 3.96. The molecule has 2 amide bonds. The van der Waals surface area contributed by atoms with E-state index in [2.05, 4.69) is 6.58 Å². The molecule has 2 saturated heterocycles. The smallest absolute Gasteiger partial charge is 0.230 e. The Morgan fingerprint density at radius 2 is 2.00 bits per heavy atom. The maximum absolute atomic E-state index is 13.1. The summed E-state index contributed by atoms with van der Waals surface area (Å²) < 4.78 is 13.1. The Bertz CT molecular complexity index is 658. The number of carbonyl (C=O) groups excluding carboxylic acids is 2. The summed E-state index contributed by atoms with van der Waals surface area (Å²) in [7, 11) is 0. The van der Waals surface area contributed by atoms with Crippen LogP contribution in [0, 0.1) is 11.2 Å². The zero-order chi connectivity index (χ0) is 17.9. The number of carbonyl (C=O) groups is 2. The molecule has 5 heteroatoms. The highest BCUT2D eigenvalue weighted by Crippen LogP contribution is 2.40. The van der Waals surface area contributed by atoms with Gasteiger partial charge in [-0.3, -0.25) is 9.59 Å². The van der Waals surface area contributed by atoms with E-state index in [4.69, 9.17) is 0 Å². The molecular weight excluding hydrogens is 319 g/mol. The third kappa shape index (κ3) is 3.75. The summed E-state index contributed by atoms with van der Waals surface area (Å²) in [6.07, 6.45) is 5.42. The summed E-state index contributed by atoms with van der Waals surface area (Å²) in [6.45, 7) is 6.07. The van der Waals surface area contributed by atoms with E-state index in [1.807, 2.05) is 9.80 Å². The molecule has 1 unspecified atom stereocenters. The van der Waals surface area contributed by atoms with Crippen LogP contribution in [0.3, 0.4) is 0 Å². The minimum absolute atomic E-state index is 0.111. The summed E-state index contributed by atoms with van der Waals surface area (Å²) in [4.78, 5) is 29.1. The summed E-state index contributed by atoms with van der Waals surface area (Å²) in [5, 5.41) is 0. The van der Waals surface area contributed by atoms with Gasteiger partial charge in [-0.05, 0) is 43.4 Å². The van der Waals surface area contributed by atoms with Crippen LogP contribution in [0.4, 0.5) is 4.39 Å². The molecule has 2 aliphatic rings. The van der Waals surface area contributed by atoms with Crippen LogP contribution in [0.15, 0.2) is 36.9 Å². The number of nitrogens with zero attached hydrogens (tertiary/aromatic N) is 2. The van der Waals surface area contributed by atoms with Crippen LogP contribution in [-0.2, 0) is 16.1 Å². The molecule has 0 aliphatic carbocycles. The third-order valence-electron chi connectivity index (χ3n) is 5.38. The molecular formula is C20H25FN2O2. The van der Waals surface area contributed by atoms with Crippen molar-refractivity contribution < 1.29 is 14.0 Å². The van der Waals surface area contributed by atoms with Crippen molar-refractivity contribution in [3.63, 3.8) is 0 Å². The van der Waals surface area contributed by atoms with Gasteiger partial charge in [-0.1, -0.05) is 18.2 Å². The first-order valence-corrected chi connectivity index (χ1v) is 8.96. The third-order valence-corrected chi connectivity index (χ3v) is 5.38. The van der Waals surface area contributed by atoms with Crippen LogP contribution in [-0.4, -0.2) is 41.2 Å². The van der Waals surface area contributed by atoms with E-state index >= 15 is 0 Å². The lowest BCUT2D eigenvalue weighted by Gasteiger charge is -2.39. The molecule has 2 fully saturated rings. The maximum atomic E-state index is 13.1. The minimum Gasteiger partial charge on any atom is -0.342 e. The van der Waals surface area contributed by atoms with Gasteiger partial charge in [0.1, 0.15) is 5.82 Å². The number of hydrogen-bond acceptors (Lipinski definition) is 2. The van der Waals surface area contributed by atoms with E-state index in [9.17, 15) is 14.0 Å². The van der Waals surface area contributed by atoms with Gasteiger partial charge in [0.15, 0.2) is 0 Å². The van der Waals surface area contributed by atoms with Crippen LogP contribution in [0.1, 0.15) is 37.7 Å². The number of piperidine rings is 1. The Hall–Kier alpha value is -2.17. The molecule has 1 atom stereocenters. The highest BCUT2D eigenvalue weighted by molar-refractivity contribution is 5.86. The highest BCUT2D eigenvalue weighted by atomic mass is 19.1. The van der Waals surface area contributed by atoms with Gasteiger partial charge < -0.3 is 9.80 Å². The fraction of sp³-hybridized carbons (Fsp3) is 0.500. The van der Waals surface area contributed by atoms with Crippen LogP contribution >= 0.6 is 0 Å². The molecule has 3 rings (SSSR count). The first-order valence-electron chi connectivity index (χ1n) is 8.96. The van der Waals surface area contributed by atoms with Gasteiger partial charge in [0.2, 0.25) is 11.8 Å². The number of benzene rings is 1. The fourth-order valence-corrected chi connectivity index (χ4v) is 3.96. The Kier molecular flexibility index (Phi) is 5.21. The van der Waals surface area contributed by atoms with Crippen molar-refractivity contribution in [1.29, 1.82) is 0 Å². The van der Waals surface area contributed by atoms with Gasteiger partial charge in [-0.25, -0.2) is 4.39 Å². The quantitative estimate of drug-likeness (QED) is 0.770. The number of likely N-dealkylation sites (tertiary alicyclic amines) is 2. The molecule has 0 aromatic heterocycles. The number of allylic oxidation sites excluding steroid dienone is 1. The zero-order valence-corrected chi connectivity index (χ0v) is 14.5. The van der Waals surface area contributed by atoms with Crippen molar-refractivity contribution in [1.82, 2.24) is 9.80 Å². The topological polar surface area (TPSA) is 40.6 Å². The number of amides is 2. The van der Waals surface area contributed by atoms with E-state index < -0.39 is 5.41 Å². The van der Waals surface area contributed by atoms with Crippen molar-refractivity contribution in [2.24, 2.45) is 5.41 Å². The molecule has 0 radical (unpaired) electrons. The minimum atomic E-state index is -0.428. The van der Waals surface area contributed by atoms with E-state index in [-0.39, 0.29) is 17.6 Å². The largest absolute Gasteiger partial charge is 0.342 e. The molecule has 1 aromatic rings. The maximum Gasteiger partial charge on any atom is 0.230 e. The molecule has 25 heavy (non-hydrogen) atoms. The normalized spacial score (nSPS) is 23.3. The van der Waals surface area contributed by atoms with Gasteiger partial charge >= 0.3 is 0 Å². The Morgan fingerprint density at radius 3 is 2.72 bits per heavy atom. The molecule has 134 valence electrons. The first kappa shape index (κ1) is 17.6. The van der Waals surface area contributed by atoms with Crippen molar-refractivity contribution in [3.05, 3.63) is 48.3 Å². The summed E-state index contributed by atoms with van der Waals surface area (Å²) >= 11 is 0. The lowest BCUT2D eigenvalue weighted by molar-refractivity contribution is -0.146. The van der Waals surface area contributed by atoms with Crippen LogP contribution in [0.5, 0.6) is 0 Å². The molecule has 0 bridgehead atoms. The van der Waals surface area contributed by atoms with Gasteiger partial charge in [0.25, 0.3) is 0 Å². The second-order valence-corrected chi connectivity index (χ2v) is 7.13. The second-order valence-electron chi connectivity index (χ2n) is 7.13. The number of halogens is 1. The van der Waals surface area contributed by atoms with E-state index in [1.165, 1.54) is 12.1 Å². The monoisotopic (exact) mass is 344 g/mol. The van der Waals surface area contributed by atoms with Gasteiger partial charge in [0.05, 0.1) is 5.41 Å². The molecule has 0 saturated carbocycles. The van der Waals surface area contributed by atoms with Crippen LogP contribution in [0.25, 0.3) is 0 Å². The lowest BCUT2D eigenvalue weighted by atomic mass is 9.78. The highest BCUT2D eigenvalue weighted by Gasteiger charge is 2.49. The SMILES string of the molecule is C=CCCC(=O)N1CCC2(CCCN(Cc3ccc(F)cc3)C2=O)C1. The molecule has 1 aromatic carbocycles. The Balaban J connectivity index is 1.66. The van der Waals surface area contributed by atoms with E-state index in [0.717, 1.165) is 31.4 Å². The Morgan fingerprint density at radius 1 is 1.24 bits per heavy atom. The van der Waals surface area contributed by atoms with Crippen LogP contribution < -0.4 is 0 Å². The Labute approximate surface area is 148 Å². The molecule has 2 aliphatic heterocycles. The van der Waals surface area contributed by atoms with Gasteiger partial charge in [-0.2, -0.15) is 0 Å². The van der Waals surface area contributed by atoms with Gasteiger partial charge in [0, 0.05) is 32.6 Å². The molecule has 1 spiro atoms. The van der Waals surface area contributed by atoms with Crippen molar-refractivity contribution in [3.8, 4) is 0 Å². The molecule has 0 N–H and O–H groups in total. The average Bonchev–Trinajstić information content (AvgIpc) is 3.04. The lowest BCUT2D eigenvalue weighted by Crippen LogP contribution is -2.50.